The number of fused-ring (bicyclic) bond motifs is 1. The van der Waals surface area contributed by atoms with Crippen molar-refractivity contribution in [3.8, 4) is 16.9 Å². The molecule has 0 radical (unpaired) electrons. The smallest absolute Gasteiger partial charge is 0.406 e. The summed E-state index contributed by atoms with van der Waals surface area (Å²) in [4.78, 5) is 17.3. The highest BCUT2D eigenvalue weighted by atomic mass is 19.4. The topological polar surface area (TPSA) is 44.1 Å². The standard InChI is InChI=1S/C23H17F3N2O2/c1-28-21-14-17(16-7-10-18(11-8-16)30-23(24,25)26)9-12-19(21)27-20(22(28)29)13-15-5-3-2-4-6-15/h2-12,14H,13H2,1H3. The molecule has 4 rings (SSSR count). The molecule has 152 valence electrons. The molecule has 0 spiro atoms. The van der Waals surface area contributed by atoms with Gasteiger partial charge in [-0.1, -0.05) is 48.5 Å². The molecule has 3 aromatic carbocycles. The average molecular weight is 410 g/mol. The predicted octanol–water partition coefficient (Wildman–Crippen LogP) is 5.09. The molecule has 0 fully saturated rings. The molecule has 7 heteroatoms. The zero-order valence-electron chi connectivity index (χ0n) is 16.0. The Bertz CT molecular complexity index is 1250. The van der Waals surface area contributed by atoms with Gasteiger partial charge in [-0.3, -0.25) is 4.79 Å². The fraction of sp³-hybridized carbons (Fsp3) is 0.130. The van der Waals surface area contributed by atoms with Gasteiger partial charge in [0.15, 0.2) is 0 Å². The summed E-state index contributed by atoms with van der Waals surface area (Å²) in [5, 5.41) is 0. The summed E-state index contributed by atoms with van der Waals surface area (Å²) in [6.07, 6.45) is -4.29. The van der Waals surface area contributed by atoms with Crippen LogP contribution in [0.1, 0.15) is 11.3 Å². The van der Waals surface area contributed by atoms with Gasteiger partial charge >= 0.3 is 6.36 Å². The second-order valence-electron chi connectivity index (χ2n) is 6.86. The van der Waals surface area contributed by atoms with Crippen molar-refractivity contribution in [1.29, 1.82) is 0 Å². The third kappa shape index (κ3) is 4.20. The van der Waals surface area contributed by atoms with Crippen molar-refractivity contribution >= 4 is 11.0 Å². The van der Waals surface area contributed by atoms with Gasteiger partial charge in [0.05, 0.1) is 11.0 Å². The van der Waals surface area contributed by atoms with Crippen LogP contribution in [0, 0.1) is 0 Å². The van der Waals surface area contributed by atoms with Gasteiger partial charge < -0.3 is 9.30 Å². The Kier molecular flexibility index (Phi) is 5.03. The monoisotopic (exact) mass is 410 g/mol. The summed E-state index contributed by atoms with van der Waals surface area (Å²) in [6, 6.07) is 20.7. The normalized spacial score (nSPS) is 11.6. The number of halogens is 3. The Labute approximate surface area is 170 Å². The van der Waals surface area contributed by atoms with Crippen LogP contribution >= 0.6 is 0 Å². The molecule has 0 aliphatic heterocycles. The Morgan fingerprint density at radius 1 is 0.933 bits per heavy atom. The molecule has 4 nitrogen and oxygen atoms in total. The Morgan fingerprint density at radius 3 is 2.27 bits per heavy atom. The summed E-state index contributed by atoms with van der Waals surface area (Å²) < 4.78 is 42.4. The first-order valence-corrected chi connectivity index (χ1v) is 9.20. The zero-order valence-corrected chi connectivity index (χ0v) is 16.0. The molecule has 0 bridgehead atoms. The number of hydrogen-bond acceptors (Lipinski definition) is 3. The minimum absolute atomic E-state index is 0.183. The van der Waals surface area contributed by atoms with E-state index in [2.05, 4.69) is 9.72 Å². The van der Waals surface area contributed by atoms with Crippen molar-refractivity contribution in [1.82, 2.24) is 9.55 Å². The van der Waals surface area contributed by atoms with Crippen LogP contribution in [0.25, 0.3) is 22.2 Å². The van der Waals surface area contributed by atoms with E-state index < -0.39 is 6.36 Å². The highest BCUT2D eigenvalue weighted by Gasteiger charge is 2.30. The molecule has 1 heterocycles. The van der Waals surface area contributed by atoms with Gasteiger partial charge in [0.1, 0.15) is 11.4 Å². The highest BCUT2D eigenvalue weighted by molar-refractivity contribution is 5.82. The summed E-state index contributed by atoms with van der Waals surface area (Å²) >= 11 is 0. The van der Waals surface area contributed by atoms with Crippen LogP contribution in [0.2, 0.25) is 0 Å². The molecule has 0 N–H and O–H groups in total. The van der Waals surface area contributed by atoms with E-state index in [4.69, 9.17) is 0 Å². The van der Waals surface area contributed by atoms with Gasteiger partial charge in [-0.25, -0.2) is 4.98 Å². The number of benzene rings is 3. The van der Waals surface area contributed by atoms with E-state index in [0.29, 0.717) is 28.7 Å². The van der Waals surface area contributed by atoms with E-state index in [0.717, 1.165) is 11.1 Å². The van der Waals surface area contributed by atoms with Gasteiger partial charge in [0.2, 0.25) is 0 Å². The van der Waals surface area contributed by atoms with Crippen LogP contribution in [0.15, 0.2) is 77.6 Å². The lowest BCUT2D eigenvalue weighted by molar-refractivity contribution is -0.274. The van der Waals surface area contributed by atoms with Gasteiger partial charge in [-0.05, 0) is 41.0 Å². The van der Waals surface area contributed by atoms with Crippen molar-refractivity contribution in [3.63, 3.8) is 0 Å². The van der Waals surface area contributed by atoms with E-state index in [-0.39, 0.29) is 11.3 Å². The maximum Gasteiger partial charge on any atom is 0.573 e. The van der Waals surface area contributed by atoms with Crippen molar-refractivity contribution in [2.75, 3.05) is 0 Å². The molecule has 0 amide bonds. The number of aromatic nitrogens is 2. The predicted molar refractivity (Wildman–Crippen MR) is 108 cm³/mol. The first-order valence-electron chi connectivity index (χ1n) is 9.20. The molecule has 0 aliphatic carbocycles. The minimum Gasteiger partial charge on any atom is -0.406 e. The second-order valence-corrected chi connectivity index (χ2v) is 6.86. The lowest BCUT2D eigenvalue weighted by Gasteiger charge is -2.11. The molecular formula is C23H17F3N2O2. The molecule has 0 atom stereocenters. The lowest BCUT2D eigenvalue weighted by atomic mass is 10.0. The van der Waals surface area contributed by atoms with Crippen LogP contribution in [0.4, 0.5) is 13.2 Å². The van der Waals surface area contributed by atoms with Gasteiger partial charge in [0, 0.05) is 13.5 Å². The minimum atomic E-state index is -4.73. The molecule has 0 saturated heterocycles. The summed E-state index contributed by atoms with van der Waals surface area (Å²) in [5.74, 6) is -0.286. The fourth-order valence-corrected chi connectivity index (χ4v) is 3.32. The van der Waals surface area contributed by atoms with Gasteiger partial charge in [-0.2, -0.15) is 0 Å². The van der Waals surface area contributed by atoms with E-state index in [1.165, 1.54) is 24.3 Å². The number of rotatable bonds is 4. The van der Waals surface area contributed by atoms with E-state index in [1.54, 1.807) is 23.7 Å². The van der Waals surface area contributed by atoms with E-state index in [1.807, 2.05) is 36.4 Å². The number of aryl methyl sites for hydroxylation is 1. The number of nitrogens with zero attached hydrogens (tertiary/aromatic N) is 2. The molecule has 0 saturated carbocycles. The number of hydrogen-bond donors (Lipinski definition) is 0. The van der Waals surface area contributed by atoms with Crippen molar-refractivity contribution in [3.05, 3.63) is 94.4 Å². The Balaban J connectivity index is 1.68. The van der Waals surface area contributed by atoms with E-state index in [9.17, 15) is 18.0 Å². The summed E-state index contributed by atoms with van der Waals surface area (Å²) in [5.41, 5.74) is 4.05. The van der Waals surface area contributed by atoms with Crippen LogP contribution < -0.4 is 10.3 Å². The fourth-order valence-electron chi connectivity index (χ4n) is 3.32. The third-order valence-electron chi connectivity index (χ3n) is 4.78. The van der Waals surface area contributed by atoms with Crippen LogP contribution in [0.5, 0.6) is 5.75 Å². The average Bonchev–Trinajstić information content (AvgIpc) is 2.72. The molecular weight excluding hydrogens is 393 g/mol. The zero-order chi connectivity index (χ0) is 21.3. The van der Waals surface area contributed by atoms with Crippen LogP contribution in [-0.2, 0) is 13.5 Å². The quantitative estimate of drug-likeness (QED) is 0.471. The third-order valence-corrected chi connectivity index (χ3v) is 4.78. The van der Waals surface area contributed by atoms with Crippen molar-refractivity contribution in [2.24, 2.45) is 7.05 Å². The van der Waals surface area contributed by atoms with E-state index >= 15 is 0 Å². The summed E-state index contributed by atoms with van der Waals surface area (Å²) in [6.45, 7) is 0. The second kappa shape index (κ2) is 7.67. The Morgan fingerprint density at radius 2 is 1.60 bits per heavy atom. The van der Waals surface area contributed by atoms with Crippen LogP contribution in [0.3, 0.4) is 0 Å². The number of alkyl halides is 3. The lowest BCUT2D eigenvalue weighted by Crippen LogP contribution is -2.23. The molecule has 0 aliphatic rings. The van der Waals surface area contributed by atoms with Gasteiger partial charge in [0.25, 0.3) is 5.56 Å². The molecule has 1 aromatic heterocycles. The largest absolute Gasteiger partial charge is 0.573 e. The highest BCUT2D eigenvalue weighted by Crippen LogP contribution is 2.28. The SMILES string of the molecule is Cn1c(=O)c(Cc2ccccc2)nc2ccc(-c3ccc(OC(F)(F)F)cc3)cc21. The maximum atomic E-state index is 12.8. The maximum absolute atomic E-state index is 12.8. The molecule has 30 heavy (non-hydrogen) atoms. The van der Waals surface area contributed by atoms with Crippen molar-refractivity contribution in [2.45, 2.75) is 12.8 Å². The first kappa shape index (κ1) is 19.7. The van der Waals surface area contributed by atoms with Crippen molar-refractivity contribution < 1.29 is 17.9 Å². The summed E-state index contributed by atoms with van der Waals surface area (Å²) in [7, 11) is 1.69. The number of ether oxygens (including phenoxy) is 1. The van der Waals surface area contributed by atoms with Crippen LogP contribution in [-0.4, -0.2) is 15.9 Å². The Hall–Kier alpha value is -3.61. The first-order chi connectivity index (χ1) is 14.3. The van der Waals surface area contributed by atoms with Gasteiger partial charge in [-0.15, -0.1) is 13.2 Å². The molecule has 0 unspecified atom stereocenters. The molecule has 4 aromatic rings.